The third kappa shape index (κ3) is 6.52. The number of rotatable bonds is 11. The molecule has 3 aromatic rings. The molecule has 0 saturated carbocycles. The van der Waals surface area contributed by atoms with E-state index >= 15 is 0 Å². The van der Waals surface area contributed by atoms with Crippen LogP contribution in [0.15, 0.2) is 53.4 Å². The molecule has 0 fully saturated rings. The van der Waals surface area contributed by atoms with Crippen molar-refractivity contribution >= 4 is 56.2 Å². The zero-order valence-electron chi connectivity index (χ0n) is 20.2. The predicted molar refractivity (Wildman–Crippen MR) is 141 cm³/mol. The molecule has 0 bridgehead atoms. The van der Waals surface area contributed by atoms with Gasteiger partial charge in [-0.1, -0.05) is 17.7 Å². The molecule has 0 atom stereocenters. The highest BCUT2D eigenvalue weighted by Crippen LogP contribution is 2.36. The lowest BCUT2D eigenvalue weighted by Gasteiger charge is -2.21. The quantitative estimate of drug-likeness (QED) is 0.331. The Balaban J connectivity index is 1.89. The minimum atomic E-state index is -4.22. The molecule has 0 spiro atoms. The lowest BCUT2D eigenvalue weighted by atomic mass is 10.2. The molecule has 198 valence electrons. The molecule has 0 aliphatic carbocycles. The maximum Gasteiger partial charge on any atom is 0.338 e. The topological polar surface area (TPSA) is 131 Å². The maximum absolute atomic E-state index is 13.5. The number of esters is 1. The fraction of sp³-hybridized carbons (Fsp3) is 0.250. The summed E-state index contributed by atoms with van der Waals surface area (Å²) >= 11 is 6.93. The third-order valence-corrected chi connectivity index (χ3v) is 8.21. The highest BCUT2D eigenvalue weighted by atomic mass is 35.5. The molecule has 2 aromatic carbocycles. The number of benzene rings is 2. The molecule has 1 heterocycles. The normalized spacial score (nSPS) is 11.1. The van der Waals surface area contributed by atoms with Gasteiger partial charge in [-0.3, -0.25) is 9.10 Å². The molecule has 1 amide bonds. The Morgan fingerprint density at radius 1 is 1.14 bits per heavy atom. The third-order valence-electron chi connectivity index (χ3n) is 5.00. The Hall–Kier alpha value is -3.32. The highest BCUT2D eigenvalue weighted by Gasteiger charge is 2.30. The summed E-state index contributed by atoms with van der Waals surface area (Å²) in [6, 6.07) is 11.8. The van der Waals surface area contributed by atoms with Gasteiger partial charge < -0.3 is 24.6 Å². The van der Waals surface area contributed by atoms with Gasteiger partial charge in [0, 0.05) is 18.8 Å². The van der Waals surface area contributed by atoms with Crippen molar-refractivity contribution in [3.63, 3.8) is 0 Å². The van der Waals surface area contributed by atoms with Crippen molar-refractivity contribution in [1.82, 2.24) is 0 Å². The molecular weight excluding hydrogens is 544 g/mol. The molecule has 0 aliphatic heterocycles. The average Bonchev–Trinajstić information content (AvgIpc) is 3.30. The van der Waals surface area contributed by atoms with Crippen molar-refractivity contribution in [2.45, 2.75) is 11.8 Å². The van der Waals surface area contributed by atoms with E-state index in [-0.39, 0.29) is 44.3 Å². The summed E-state index contributed by atoms with van der Waals surface area (Å²) < 4.78 is 43.8. The Bertz CT molecular complexity index is 1390. The van der Waals surface area contributed by atoms with E-state index in [9.17, 15) is 18.0 Å². The summed E-state index contributed by atoms with van der Waals surface area (Å²) in [6.45, 7) is 1.73. The molecule has 0 unspecified atom stereocenters. The molecule has 10 nitrogen and oxygen atoms in total. The van der Waals surface area contributed by atoms with Crippen LogP contribution in [0.3, 0.4) is 0 Å². The van der Waals surface area contributed by atoms with Crippen molar-refractivity contribution in [3.8, 4) is 11.5 Å². The van der Waals surface area contributed by atoms with Gasteiger partial charge in [-0.25, -0.2) is 13.2 Å². The Labute approximate surface area is 223 Å². The van der Waals surface area contributed by atoms with Crippen molar-refractivity contribution in [2.75, 3.05) is 43.6 Å². The number of hydrogen-bond acceptors (Lipinski definition) is 9. The first-order chi connectivity index (χ1) is 17.6. The molecule has 0 saturated heterocycles. The van der Waals surface area contributed by atoms with E-state index in [1.807, 2.05) is 6.92 Å². The molecule has 3 rings (SSSR count). The SMILES string of the molecule is CCOc1ccc(N(C)S(=O)(=O)c2cc(Cl)sc2C(=O)Nc2cccc(C(=O)OCCO)c2)cc1OC. The van der Waals surface area contributed by atoms with E-state index in [1.165, 1.54) is 50.6 Å². The van der Waals surface area contributed by atoms with E-state index in [0.717, 1.165) is 15.6 Å². The number of thiophene rings is 1. The van der Waals surface area contributed by atoms with Gasteiger partial charge in [0.1, 0.15) is 16.4 Å². The second-order valence-electron chi connectivity index (χ2n) is 7.38. The molecule has 2 N–H and O–H groups in total. The van der Waals surface area contributed by atoms with Gasteiger partial charge in [0.25, 0.3) is 15.9 Å². The Kier molecular flexibility index (Phi) is 9.38. The van der Waals surface area contributed by atoms with Gasteiger partial charge >= 0.3 is 5.97 Å². The first kappa shape index (κ1) is 28.3. The van der Waals surface area contributed by atoms with Gasteiger partial charge in [-0.2, -0.15) is 0 Å². The standard InChI is InChI=1S/C24H25ClN2O8S2/c1-4-34-18-9-8-17(13-19(18)33-3)27(2)37(31,32)20-14-21(25)36-22(20)23(29)26-16-7-5-6-15(12-16)24(30)35-11-10-28/h5-9,12-14,28H,4,10-11H2,1-3H3,(H,26,29). The van der Waals surface area contributed by atoms with Crippen LogP contribution in [0.1, 0.15) is 27.0 Å². The summed E-state index contributed by atoms with van der Waals surface area (Å²) in [5.74, 6) is -0.602. The second kappa shape index (κ2) is 12.3. The number of aliphatic hydroxyl groups excluding tert-OH is 1. The molecule has 37 heavy (non-hydrogen) atoms. The fourth-order valence-electron chi connectivity index (χ4n) is 3.24. The lowest BCUT2D eigenvalue weighted by molar-refractivity contribution is 0.0433. The molecule has 13 heteroatoms. The van der Waals surface area contributed by atoms with Crippen LogP contribution in [0, 0.1) is 0 Å². The largest absolute Gasteiger partial charge is 0.493 e. The van der Waals surface area contributed by atoms with Crippen LogP contribution in [0.5, 0.6) is 11.5 Å². The Morgan fingerprint density at radius 3 is 2.57 bits per heavy atom. The minimum absolute atomic E-state index is 0.0998. The van der Waals surface area contributed by atoms with Crippen LogP contribution in [-0.2, 0) is 14.8 Å². The van der Waals surface area contributed by atoms with Gasteiger partial charge in [0.15, 0.2) is 11.5 Å². The number of carbonyl (C=O) groups excluding carboxylic acids is 2. The number of nitrogens with zero attached hydrogens (tertiary/aromatic N) is 1. The summed E-state index contributed by atoms with van der Waals surface area (Å²) in [6.07, 6.45) is 0. The number of aliphatic hydroxyl groups is 1. The molecular formula is C24H25ClN2O8S2. The number of ether oxygens (including phenoxy) is 3. The van der Waals surface area contributed by atoms with Gasteiger partial charge in [0.05, 0.1) is 35.9 Å². The maximum atomic E-state index is 13.5. The van der Waals surface area contributed by atoms with Crippen LogP contribution >= 0.6 is 22.9 Å². The van der Waals surface area contributed by atoms with Gasteiger partial charge in [0.2, 0.25) is 0 Å². The summed E-state index contributed by atoms with van der Waals surface area (Å²) in [5.41, 5.74) is 0.663. The molecule has 0 radical (unpaired) electrons. The second-order valence-corrected chi connectivity index (χ2v) is 11.0. The fourth-order valence-corrected chi connectivity index (χ4v) is 6.12. The molecule has 0 aliphatic rings. The zero-order chi connectivity index (χ0) is 27.2. The average molecular weight is 569 g/mol. The summed E-state index contributed by atoms with van der Waals surface area (Å²) in [4.78, 5) is 24.7. The monoisotopic (exact) mass is 568 g/mol. The van der Waals surface area contributed by atoms with Crippen LogP contribution in [0.4, 0.5) is 11.4 Å². The Morgan fingerprint density at radius 2 is 1.89 bits per heavy atom. The number of carbonyl (C=O) groups is 2. The number of halogens is 1. The minimum Gasteiger partial charge on any atom is -0.493 e. The number of anilines is 2. The first-order valence-corrected chi connectivity index (χ1v) is 13.5. The van der Waals surface area contributed by atoms with E-state index in [4.69, 9.17) is 30.9 Å². The summed E-state index contributed by atoms with van der Waals surface area (Å²) in [5, 5.41) is 11.4. The number of amides is 1. The van der Waals surface area contributed by atoms with Crippen molar-refractivity contribution in [2.24, 2.45) is 0 Å². The zero-order valence-corrected chi connectivity index (χ0v) is 22.6. The van der Waals surface area contributed by atoms with E-state index < -0.39 is 21.9 Å². The number of methoxy groups -OCH3 is 1. The van der Waals surface area contributed by atoms with E-state index in [1.54, 1.807) is 12.1 Å². The predicted octanol–water partition coefficient (Wildman–Crippen LogP) is 4.04. The van der Waals surface area contributed by atoms with Crippen LogP contribution in [0.2, 0.25) is 4.34 Å². The number of hydrogen-bond donors (Lipinski definition) is 2. The van der Waals surface area contributed by atoms with Gasteiger partial charge in [-0.15, -0.1) is 11.3 Å². The first-order valence-electron chi connectivity index (χ1n) is 10.9. The van der Waals surface area contributed by atoms with Crippen LogP contribution in [0.25, 0.3) is 0 Å². The molecule has 1 aromatic heterocycles. The van der Waals surface area contributed by atoms with Crippen molar-refractivity contribution in [3.05, 3.63) is 63.3 Å². The van der Waals surface area contributed by atoms with Gasteiger partial charge in [-0.05, 0) is 43.3 Å². The highest BCUT2D eigenvalue weighted by molar-refractivity contribution is 7.93. The van der Waals surface area contributed by atoms with Crippen molar-refractivity contribution in [1.29, 1.82) is 0 Å². The summed E-state index contributed by atoms with van der Waals surface area (Å²) in [7, 11) is -1.43. The smallest absolute Gasteiger partial charge is 0.338 e. The number of sulfonamides is 1. The lowest BCUT2D eigenvalue weighted by Crippen LogP contribution is -2.28. The van der Waals surface area contributed by atoms with E-state index in [0.29, 0.717) is 18.1 Å². The van der Waals surface area contributed by atoms with Crippen LogP contribution in [-0.4, -0.2) is 59.4 Å². The van der Waals surface area contributed by atoms with E-state index in [2.05, 4.69) is 5.32 Å². The van der Waals surface area contributed by atoms with Crippen molar-refractivity contribution < 1.29 is 37.3 Å². The van der Waals surface area contributed by atoms with Crippen LogP contribution < -0.4 is 19.1 Å². The number of nitrogens with one attached hydrogen (secondary N) is 1.